The fraction of sp³-hybridized carbons (Fsp3) is 0.316. The van der Waals surface area contributed by atoms with Crippen LogP contribution in [0.4, 0.5) is 0 Å². The lowest BCUT2D eigenvalue weighted by molar-refractivity contribution is 0.926. The maximum absolute atomic E-state index is 4.45. The Kier molecular flexibility index (Phi) is 5.11. The predicted molar refractivity (Wildman–Crippen MR) is 86.8 cm³/mol. The van der Waals surface area contributed by atoms with Gasteiger partial charge >= 0.3 is 0 Å². The molecule has 0 radical (unpaired) electrons. The quantitative estimate of drug-likeness (QED) is 0.717. The molecule has 1 nitrogen and oxygen atoms in total. The van der Waals surface area contributed by atoms with Crippen molar-refractivity contribution in [1.29, 1.82) is 0 Å². The molecule has 0 atom stereocenters. The standard InChI is InChI=1S/C19H23N/c1-4-8-15(2)19-13-16(3)20-14-18(19)12-11-17-9-6-5-7-10-17/h5-7,9-10,13-14H,2,4,8,11-12H2,1,3H3. The number of hydrogen-bond acceptors (Lipinski definition) is 1. The van der Waals surface area contributed by atoms with Crippen LogP contribution in [0.1, 0.15) is 42.1 Å². The molecule has 0 N–H and O–H groups in total. The molecule has 0 amide bonds. The Morgan fingerprint density at radius 1 is 1.15 bits per heavy atom. The van der Waals surface area contributed by atoms with Crippen molar-refractivity contribution in [1.82, 2.24) is 4.98 Å². The van der Waals surface area contributed by atoms with Crippen LogP contribution in [0.5, 0.6) is 0 Å². The molecule has 0 aliphatic rings. The molecule has 2 rings (SSSR count). The molecule has 0 aliphatic heterocycles. The number of rotatable bonds is 6. The smallest absolute Gasteiger partial charge is 0.0378 e. The van der Waals surface area contributed by atoms with E-state index in [0.717, 1.165) is 31.4 Å². The summed E-state index contributed by atoms with van der Waals surface area (Å²) in [6, 6.07) is 12.8. The fourth-order valence-corrected chi connectivity index (χ4v) is 2.48. The van der Waals surface area contributed by atoms with Crippen LogP contribution in [0, 0.1) is 6.92 Å². The zero-order valence-electron chi connectivity index (χ0n) is 12.5. The van der Waals surface area contributed by atoms with Crippen LogP contribution in [0.3, 0.4) is 0 Å². The van der Waals surface area contributed by atoms with Gasteiger partial charge in [-0.25, -0.2) is 0 Å². The van der Waals surface area contributed by atoms with Gasteiger partial charge in [0.25, 0.3) is 0 Å². The maximum atomic E-state index is 4.45. The van der Waals surface area contributed by atoms with E-state index >= 15 is 0 Å². The van der Waals surface area contributed by atoms with E-state index < -0.39 is 0 Å². The average molecular weight is 265 g/mol. The summed E-state index contributed by atoms with van der Waals surface area (Å²) < 4.78 is 0. The van der Waals surface area contributed by atoms with E-state index in [1.165, 1.54) is 22.3 Å². The molecule has 0 fully saturated rings. The van der Waals surface area contributed by atoms with Crippen molar-refractivity contribution in [2.45, 2.75) is 39.5 Å². The van der Waals surface area contributed by atoms with E-state index in [-0.39, 0.29) is 0 Å². The van der Waals surface area contributed by atoms with Gasteiger partial charge in [0.2, 0.25) is 0 Å². The van der Waals surface area contributed by atoms with E-state index in [2.05, 4.69) is 54.9 Å². The molecular formula is C19H23N. The van der Waals surface area contributed by atoms with Gasteiger partial charge in [-0.3, -0.25) is 4.98 Å². The van der Waals surface area contributed by atoms with Crippen LogP contribution in [0.15, 0.2) is 49.2 Å². The second-order valence-corrected chi connectivity index (χ2v) is 5.32. The lowest BCUT2D eigenvalue weighted by Gasteiger charge is -2.12. The summed E-state index contributed by atoms with van der Waals surface area (Å²) in [5.74, 6) is 0. The molecule has 0 bridgehead atoms. The van der Waals surface area contributed by atoms with Crippen LogP contribution in [0.2, 0.25) is 0 Å². The minimum atomic E-state index is 1.02. The van der Waals surface area contributed by atoms with Crippen molar-refractivity contribution in [2.75, 3.05) is 0 Å². The Morgan fingerprint density at radius 3 is 2.60 bits per heavy atom. The zero-order chi connectivity index (χ0) is 14.4. The highest BCUT2D eigenvalue weighted by atomic mass is 14.7. The van der Waals surface area contributed by atoms with E-state index in [0.29, 0.717) is 0 Å². The number of nitrogens with zero attached hydrogens (tertiary/aromatic N) is 1. The van der Waals surface area contributed by atoms with Crippen molar-refractivity contribution in [3.8, 4) is 0 Å². The minimum Gasteiger partial charge on any atom is -0.261 e. The molecule has 2 aromatic rings. The lowest BCUT2D eigenvalue weighted by Crippen LogP contribution is -1.99. The molecule has 1 heteroatoms. The van der Waals surface area contributed by atoms with Crippen LogP contribution in [-0.4, -0.2) is 4.98 Å². The SMILES string of the molecule is C=C(CCC)c1cc(C)ncc1CCc1ccccc1. The molecular weight excluding hydrogens is 242 g/mol. The van der Waals surface area contributed by atoms with Gasteiger partial charge < -0.3 is 0 Å². The number of pyridine rings is 1. The van der Waals surface area contributed by atoms with E-state index in [9.17, 15) is 0 Å². The Hall–Kier alpha value is -1.89. The highest BCUT2D eigenvalue weighted by Gasteiger charge is 2.07. The fourth-order valence-electron chi connectivity index (χ4n) is 2.48. The number of aromatic nitrogens is 1. The molecule has 0 saturated heterocycles. The third-order valence-corrected chi connectivity index (χ3v) is 3.58. The highest BCUT2D eigenvalue weighted by molar-refractivity contribution is 5.66. The molecule has 1 aromatic heterocycles. The molecule has 0 spiro atoms. The van der Waals surface area contributed by atoms with Gasteiger partial charge in [0.15, 0.2) is 0 Å². The highest BCUT2D eigenvalue weighted by Crippen LogP contribution is 2.23. The molecule has 0 aliphatic carbocycles. The van der Waals surface area contributed by atoms with Crippen LogP contribution in [0.25, 0.3) is 5.57 Å². The second-order valence-electron chi connectivity index (χ2n) is 5.32. The van der Waals surface area contributed by atoms with Crippen molar-refractivity contribution >= 4 is 5.57 Å². The van der Waals surface area contributed by atoms with Crippen LogP contribution < -0.4 is 0 Å². The van der Waals surface area contributed by atoms with E-state index in [1.54, 1.807) is 0 Å². The number of benzene rings is 1. The monoisotopic (exact) mass is 265 g/mol. The summed E-state index contributed by atoms with van der Waals surface area (Å²) in [5, 5.41) is 0. The number of aryl methyl sites for hydroxylation is 3. The third-order valence-electron chi connectivity index (χ3n) is 3.58. The van der Waals surface area contributed by atoms with Crippen molar-refractivity contribution in [3.63, 3.8) is 0 Å². The molecule has 0 saturated carbocycles. The maximum Gasteiger partial charge on any atom is 0.0378 e. The Bertz CT molecular complexity index is 570. The average Bonchev–Trinajstić information content (AvgIpc) is 2.47. The summed E-state index contributed by atoms with van der Waals surface area (Å²) in [7, 11) is 0. The van der Waals surface area contributed by atoms with Crippen LogP contribution >= 0.6 is 0 Å². The lowest BCUT2D eigenvalue weighted by atomic mass is 9.95. The van der Waals surface area contributed by atoms with Gasteiger partial charge in [0.1, 0.15) is 0 Å². The Labute approximate surface area is 122 Å². The largest absolute Gasteiger partial charge is 0.261 e. The summed E-state index contributed by atoms with van der Waals surface area (Å²) in [6.07, 6.45) is 6.29. The van der Waals surface area contributed by atoms with Crippen molar-refractivity contribution in [3.05, 3.63) is 71.6 Å². The van der Waals surface area contributed by atoms with Gasteiger partial charge in [-0.2, -0.15) is 0 Å². The first-order chi connectivity index (χ1) is 9.70. The Morgan fingerprint density at radius 2 is 1.90 bits per heavy atom. The number of hydrogen-bond donors (Lipinski definition) is 0. The summed E-state index contributed by atoms with van der Waals surface area (Å²) in [6.45, 7) is 8.49. The first kappa shape index (κ1) is 14.5. The summed E-state index contributed by atoms with van der Waals surface area (Å²) in [4.78, 5) is 4.45. The van der Waals surface area contributed by atoms with Gasteiger partial charge in [0.05, 0.1) is 0 Å². The first-order valence-electron chi connectivity index (χ1n) is 7.38. The van der Waals surface area contributed by atoms with E-state index in [1.807, 2.05) is 13.1 Å². The molecule has 20 heavy (non-hydrogen) atoms. The molecule has 1 aromatic carbocycles. The van der Waals surface area contributed by atoms with Gasteiger partial charge in [-0.1, -0.05) is 50.3 Å². The van der Waals surface area contributed by atoms with Crippen molar-refractivity contribution in [2.24, 2.45) is 0 Å². The summed E-state index contributed by atoms with van der Waals surface area (Å²) >= 11 is 0. The van der Waals surface area contributed by atoms with Gasteiger partial charge in [-0.05, 0) is 54.5 Å². The third kappa shape index (κ3) is 3.80. The topological polar surface area (TPSA) is 12.9 Å². The van der Waals surface area contributed by atoms with Crippen molar-refractivity contribution < 1.29 is 0 Å². The predicted octanol–water partition coefficient (Wildman–Crippen LogP) is 4.99. The second kappa shape index (κ2) is 7.04. The Balaban J connectivity index is 2.16. The first-order valence-corrected chi connectivity index (χ1v) is 7.38. The van der Waals surface area contributed by atoms with Crippen LogP contribution in [-0.2, 0) is 12.8 Å². The normalized spacial score (nSPS) is 10.5. The summed E-state index contributed by atoms with van der Waals surface area (Å²) in [5.41, 5.74) is 6.30. The minimum absolute atomic E-state index is 1.02. The molecule has 1 heterocycles. The number of allylic oxidation sites excluding steroid dienone is 1. The van der Waals surface area contributed by atoms with E-state index in [4.69, 9.17) is 0 Å². The zero-order valence-corrected chi connectivity index (χ0v) is 12.5. The molecule has 104 valence electrons. The van der Waals surface area contributed by atoms with Gasteiger partial charge in [-0.15, -0.1) is 0 Å². The van der Waals surface area contributed by atoms with Gasteiger partial charge in [0, 0.05) is 11.9 Å². The molecule has 0 unspecified atom stereocenters.